The van der Waals surface area contributed by atoms with Gasteiger partial charge in [-0.05, 0) is 84.6 Å². The van der Waals surface area contributed by atoms with Gasteiger partial charge in [-0.25, -0.2) is 4.79 Å². The summed E-state index contributed by atoms with van der Waals surface area (Å²) in [6, 6.07) is 10.5. The zero-order valence-corrected chi connectivity index (χ0v) is 24.3. The van der Waals surface area contributed by atoms with Gasteiger partial charge in [-0.15, -0.1) is 0 Å². The molecule has 39 heavy (non-hydrogen) atoms. The summed E-state index contributed by atoms with van der Waals surface area (Å²) in [5, 5.41) is 5.59. The van der Waals surface area contributed by atoms with Gasteiger partial charge in [0.2, 0.25) is 11.8 Å². The third-order valence-electron chi connectivity index (χ3n) is 6.14. The van der Waals surface area contributed by atoms with Crippen LogP contribution in [0.1, 0.15) is 75.8 Å². The van der Waals surface area contributed by atoms with Gasteiger partial charge in [-0.2, -0.15) is 0 Å². The third kappa shape index (κ3) is 9.12. The predicted octanol–water partition coefficient (Wildman–Crippen LogP) is 4.69. The molecule has 2 unspecified atom stereocenters. The van der Waals surface area contributed by atoms with Gasteiger partial charge in [0.15, 0.2) is 0 Å². The first-order chi connectivity index (χ1) is 18.1. The van der Waals surface area contributed by atoms with Crippen molar-refractivity contribution in [1.82, 2.24) is 10.2 Å². The minimum absolute atomic E-state index is 0.0461. The van der Waals surface area contributed by atoms with E-state index in [4.69, 9.17) is 10.5 Å². The average molecular weight is 539 g/mol. The number of nitrogens with one attached hydrogen (secondary N) is 2. The van der Waals surface area contributed by atoms with Crippen molar-refractivity contribution in [3.63, 3.8) is 0 Å². The van der Waals surface area contributed by atoms with E-state index in [0.717, 1.165) is 16.7 Å². The number of primary amides is 1. The number of benzene rings is 2. The van der Waals surface area contributed by atoms with Crippen molar-refractivity contribution in [2.45, 2.75) is 92.0 Å². The van der Waals surface area contributed by atoms with Crippen LogP contribution in [0.25, 0.3) is 0 Å². The van der Waals surface area contributed by atoms with Crippen molar-refractivity contribution >= 4 is 29.5 Å². The summed E-state index contributed by atoms with van der Waals surface area (Å²) in [5.41, 5.74) is 8.50. The summed E-state index contributed by atoms with van der Waals surface area (Å²) < 4.78 is 5.37. The molecule has 4 amide bonds. The average Bonchev–Trinajstić information content (AvgIpc) is 2.81. The van der Waals surface area contributed by atoms with Gasteiger partial charge in [-0.1, -0.05) is 42.0 Å². The molecule has 4 N–H and O–H groups in total. The molecule has 2 aromatic carbocycles. The number of aryl methyl sites for hydroxylation is 3. The number of ether oxygens (including phenoxy) is 1. The quantitative estimate of drug-likeness (QED) is 0.404. The molecule has 0 spiro atoms. The molecule has 0 aliphatic heterocycles. The molecule has 0 aliphatic carbocycles. The number of carbonyl (C=O) groups excluding carboxylic acids is 4. The van der Waals surface area contributed by atoms with Crippen LogP contribution in [0.15, 0.2) is 42.5 Å². The summed E-state index contributed by atoms with van der Waals surface area (Å²) in [5.74, 6) is -1.54. The lowest BCUT2D eigenvalue weighted by molar-refractivity contribution is -0.143. The van der Waals surface area contributed by atoms with Crippen LogP contribution in [0.4, 0.5) is 10.5 Å². The third-order valence-corrected chi connectivity index (χ3v) is 6.14. The Morgan fingerprint density at radius 3 is 2.18 bits per heavy atom. The molecule has 0 fully saturated rings. The Morgan fingerprint density at radius 1 is 0.974 bits per heavy atom. The monoisotopic (exact) mass is 538 g/mol. The molecule has 2 rings (SSSR count). The highest BCUT2D eigenvalue weighted by atomic mass is 16.6. The lowest BCUT2D eigenvalue weighted by Crippen LogP contribution is -2.54. The van der Waals surface area contributed by atoms with Gasteiger partial charge in [0.05, 0.1) is 0 Å². The SMILES string of the molecule is Cc1ccc(C)c(C(C(=O)Nc2ccccc2C)N(C(=O)C(CCC(N)=O)NC(=O)OC(C)(C)C)C(C)C)c1. The van der Waals surface area contributed by atoms with E-state index >= 15 is 0 Å². The molecule has 2 aromatic rings. The first-order valence-electron chi connectivity index (χ1n) is 13.1. The highest BCUT2D eigenvalue weighted by Gasteiger charge is 2.38. The molecule has 0 saturated heterocycles. The maximum atomic E-state index is 14.2. The molecule has 0 heterocycles. The topological polar surface area (TPSA) is 131 Å². The Balaban J connectivity index is 2.59. The fourth-order valence-electron chi connectivity index (χ4n) is 4.24. The summed E-state index contributed by atoms with van der Waals surface area (Å²) in [7, 11) is 0. The molecule has 212 valence electrons. The second kappa shape index (κ2) is 13.3. The van der Waals surface area contributed by atoms with Gasteiger partial charge in [0.1, 0.15) is 17.7 Å². The number of hydrogen-bond acceptors (Lipinski definition) is 5. The van der Waals surface area contributed by atoms with Gasteiger partial charge < -0.3 is 26.0 Å². The molecule has 0 bridgehead atoms. The predicted molar refractivity (Wildman–Crippen MR) is 152 cm³/mol. The normalized spacial score (nSPS) is 12.8. The van der Waals surface area contributed by atoms with Crippen molar-refractivity contribution in [2.24, 2.45) is 5.73 Å². The van der Waals surface area contributed by atoms with Crippen LogP contribution in [-0.4, -0.2) is 46.4 Å². The van der Waals surface area contributed by atoms with E-state index in [9.17, 15) is 19.2 Å². The minimum Gasteiger partial charge on any atom is -0.444 e. The molecular weight excluding hydrogens is 496 g/mol. The van der Waals surface area contributed by atoms with Crippen molar-refractivity contribution < 1.29 is 23.9 Å². The highest BCUT2D eigenvalue weighted by molar-refractivity contribution is 5.99. The van der Waals surface area contributed by atoms with Crippen molar-refractivity contribution in [3.05, 3.63) is 64.7 Å². The van der Waals surface area contributed by atoms with Crippen molar-refractivity contribution in [3.8, 4) is 0 Å². The zero-order chi connectivity index (χ0) is 29.5. The Morgan fingerprint density at radius 2 is 1.62 bits per heavy atom. The summed E-state index contributed by atoms with van der Waals surface area (Å²) in [6.45, 7) is 14.4. The zero-order valence-electron chi connectivity index (χ0n) is 24.3. The molecular formula is C30H42N4O5. The highest BCUT2D eigenvalue weighted by Crippen LogP contribution is 2.30. The molecule has 9 nitrogen and oxygen atoms in total. The van der Waals surface area contributed by atoms with Gasteiger partial charge >= 0.3 is 6.09 Å². The Hall–Kier alpha value is -3.88. The maximum absolute atomic E-state index is 14.2. The van der Waals surface area contributed by atoms with Crippen LogP contribution in [0.3, 0.4) is 0 Å². The second-order valence-corrected chi connectivity index (χ2v) is 11.1. The number of nitrogens with zero attached hydrogens (tertiary/aromatic N) is 1. The standard InChI is InChI=1S/C30H42N4O5/c1-18(2)34(28(37)24(15-16-25(31)35)33-29(38)39-30(6,7)8)26(22-17-19(3)13-14-20(22)4)27(36)32-23-12-10-9-11-21(23)5/h9-14,17-18,24,26H,15-16H2,1-8H3,(H2,31,35)(H,32,36)(H,33,38). The van der Waals surface area contributed by atoms with Gasteiger partial charge in [0.25, 0.3) is 5.91 Å². The Bertz CT molecular complexity index is 1200. The minimum atomic E-state index is -1.14. The van der Waals surface area contributed by atoms with Crippen LogP contribution >= 0.6 is 0 Å². The lowest BCUT2D eigenvalue weighted by atomic mass is 9.94. The molecule has 9 heteroatoms. The fourth-order valence-corrected chi connectivity index (χ4v) is 4.24. The van der Waals surface area contributed by atoms with E-state index in [1.165, 1.54) is 4.90 Å². The van der Waals surface area contributed by atoms with Crippen LogP contribution in [0, 0.1) is 20.8 Å². The fraction of sp³-hybridized carbons (Fsp3) is 0.467. The summed E-state index contributed by atoms with van der Waals surface area (Å²) >= 11 is 0. The largest absolute Gasteiger partial charge is 0.444 e. The van der Waals surface area contributed by atoms with Gasteiger partial charge in [-0.3, -0.25) is 14.4 Å². The molecule has 0 radical (unpaired) electrons. The first-order valence-corrected chi connectivity index (χ1v) is 13.1. The van der Waals surface area contributed by atoms with E-state index in [2.05, 4.69) is 10.6 Å². The maximum Gasteiger partial charge on any atom is 0.408 e. The van der Waals surface area contributed by atoms with Crippen LogP contribution in [0.2, 0.25) is 0 Å². The van der Waals surface area contributed by atoms with Crippen LogP contribution in [-0.2, 0) is 19.1 Å². The van der Waals surface area contributed by atoms with E-state index in [1.54, 1.807) is 40.7 Å². The number of hydrogen-bond donors (Lipinski definition) is 3. The number of anilines is 1. The Kier molecular flexibility index (Phi) is 10.7. The van der Waals surface area contributed by atoms with Crippen LogP contribution in [0.5, 0.6) is 0 Å². The number of amides is 4. The number of nitrogens with two attached hydrogens (primary N) is 1. The second-order valence-electron chi connectivity index (χ2n) is 11.1. The molecule has 2 atom stereocenters. The summed E-state index contributed by atoms with van der Waals surface area (Å²) in [6.07, 6.45) is -0.987. The Labute approximate surface area is 231 Å². The van der Waals surface area contributed by atoms with Crippen molar-refractivity contribution in [2.75, 3.05) is 5.32 Å². The van der Waals surface area contributed by atoms with Gasteiger partial charge in [0, 0.05) is 18.2 Å². The number of para-hydroxylation sites is 1. The number of alkyl carbamates (subject to hydrolysis) is 1. The molecule has 0 aliphatic rings. The lowest BCUT2D eigenvalue weighted by Gasteiger charge is -2.38. The van der Waals surface area contributed by atoms with Crippen LogP contribution < -0.4 is 16.4 Å². The van der Waals surface area contributed by atoms with E-state index in [0.29, 0.717) is 11.3 Å². The first kappa shape index (κ1) is 31.3. The smallest absolute Gasteiger partial charge is 0.408 e. The van der Waals surface area contributed by atoms with Crippen molar-refractivity contribution in [1.29, 1.82) is 0 Å². The number of carbonyl (C=O) groups is 4. The van der Waals surface area contributed by atoms with E-state index < -0.39 is 47.5 Å². The summed E-state index contributed by atoms with van der Waals surface area (Å²) in [4.78, 5) is 53.9. The molecule has 0 aromatic heterocycles. The van der Waals surface area contributed by atoms with E-state index in [1.807, 2.05) is 57.2 Å². The molecule has 0 saturated carbocycles. The number of rotatable bonds is 10. The van der Waals surface area contributed by atoms with E-state index in [-0.39, 0.29) is 12.8 Å².